The molecule has 4 saturated carbocycles. The molecule has 1 amide bonds. The molecule has 29 heavy (non-hydrogen) atoms. The van der Waals surface area contributed by atoms with E-state index in [0.29, 0.717) is 10.9 Å². The summed E-state index contributed by atoms with van der Waals surface area (Å²) in [7, 11) is 0. The van der Waals surface area contributed by atoms with Crippen molar-refractivity contribution < 1.29 is 14.5 Å². The van der Waals surface area contributed by atoms with Crippen LogP contribution in [0.5, 0.6) is 5.75 Å². The van der Waals surface area contributed by atoms with E-state index in [4.69, 9.17) is 4.74 Å². The van der Waals surface area contributed by atoms with Gasteiger partial charge < -0.3 is 4.74 Å². The molecule has 0 unspecified atom stereocenters. The summed E-state index contributed by atoms with van der Waals surface area (Å²) in [5.74, 6) is 2.57. The SMILES string of the molecule is O=C(COc1ccc([N+](=O)[O-])cc1)Nc1nnc(C23CC4CC(CC(C4)C2)C3)s1. The molecule has 8 nitrogen and oxygen atoms in total. The van der Waals surface area contributed by atoms with E-state index in [2.05, 4.69) is 15.5 Å². The Hall–Kier alpha value is -2.55. The number of aromatic nitrogens is 2. The molecule has 6 rings (SSSR count). The summed E-state index contributed by atoms with van der Waals surface area (Å²) in [6, 6.07) is 5.63. The quantitative estimate of drug-likeness (QED) is 0.567. The number of nitrogens with zero attached hydrogens (tertiary/aromatic N) is 3. The van der Waals surface area contributed by atoms with Gasteiger partial charge in [-0.1, -0.05) is 11.3 Å². The molecular formula is C20H22N4O4S. The predicted octanol–water partition coefficient (Wildman–Crippen LogP) is 3.93. The van der Waals surface area contributed by atoms with E-state index in [9.17, 15) is 14.9 Å². The maximum absolute atomic E-state index is 12.2. The standard InChI is InChI=1S/C20H22N4O4S/c25-17(11-28-16-3-1-15(2-4-16)24(26)27)21-19-23-22-18(29-19)20-8-12-5-13(9-20)7-14(6-12)10-20/h1-4,12-14H,5-11H2,(H,21,23,25). The van der Waals surface area contributed by atoms with Gasteiger partial charge in [-0.25, -0.2) is 0 Å². The molecule has 4 bridgehead atoms. The summed E-state index contributed by atoms with van der Waals surface area (Å²) in [6.07, 6.45) is 7.77. The zero-order chi connectivity index (χ0) is 20.0. The first kappa shape index (κ1) is 18.5. The van der Waals surface area contributed by atoms with Gasteiger partial charge in [0, 0.05) is 17.5 Å². The normalized spacial score (nSPS) is 29.6. The van der Waals surface area contributed by atoms with Gasteiger partial charge in [0.1, 0.15) is 10.8 Å². The molecule has 0 radical (unpaired) electrons. The Morgan fingerprint density at radius 2 is 1.76 bits per heavy atom. The minimum absolute atomic E-state index is 0.0205. The van der Waals surface area contributed by atoms with Crippen LogP contribution in [0.2, 0.25) is 0 Å². The first-order chi connectivity index (χ1) is 14.0. The summed E-state index contributed by atoms with van der Waals surface area (Å²) in [5.41, 5.74) is 0.151. The lowest BCUT2D eigenvalue weighted by atomic mass is 9.50. The van der Waals surface area contributed by atoms with E-state index < -0.39 is 4.92 Å². The number of benzene rings is 1. The molecule has 4 aliphatic rings. The van der Waals surface area contributed by atoms with E-state index in [1.165, 1.54) is 74.1 Å². The van der Waals surface area contributed by atoms with Gasteiger partial charge in [-0.15, -0.1) is 10.2 Å². The third-order valence-electron chi connectivity index (χ3n) is 6.58. The number of hydrogen-bond donors (Lipinski definition) is 1. The molecule has 0 saturated heterocycles. The van der Waals surface area contributed by atoms with Crippen molar-refractivity contribution in [3.63, 3.8) is 0 Å². The molecule has 1 aromatic heterocycles. The van der Waals surface area contributed by atoms with Crippen molar-refractivity contribution in [1.29, 1.82) is 0 Å². The van der Waals surface area contributed by atoms with Crippen LogP contribution >= 0.6 is 11.3 Å². The van der Waals surface area contributed by atoms with Crippen molar-refractivity contribution in [2.24, 2.45) is 17.8 Å². The second-order valence-electron chi connectivity index (χ2n) is 8.70. The van der Waals surface area contributed by atoms with E-state index in [1.807, 2.05) is 0 Å². The zero-order valence-electron chi connectivity index (χ0n) is 15.9. The highest BCUT2D eigenvalue weighted by atomic mass is 32.1. The van der Waals surface area contributed by atoms with Gasteiger partial charge in [-0.2, -0.15) is 0 Å². The lowest BCUT2D eigenvalue weighted by Crippen LogP contribution is -2.48. The average molecular weight is 414 g/mol. The average Bonchev–Trinajstić information content (AvgIpc) is 3.15. The fourth-order valence-electron chi connectivity index (χ4n) is 5.83. The highest BCUT2D eigenvalue weighted by molar-refractivity contribution is 7.15. The van der Waals surface area contributed by atoms with Crippen LogP contribution < -0.4 is 10.1 Å². The van der Waals surface area contributed by atoms with Crippen molar-refractivity contribution in [1.82, 2.24) is 10.2 Å². The molecule has 4 aliphatic carbocycles. The highest BCUT2D eigenvalue weighted by Crippen LogP contribution is 2.61. The molecule has 1 N–H and O–H groups in total. The first-order valence-corrected chi connectivity index (χ1v) is 10.8. The van der Waals surface area contributed by atoms with Crippen LogP contribution in [0.25, 0.3) is 0 Å². The van der Waals surface area contributed by atoms with Crippen LogP contribution in [0, 0.1) is 27.9 Å². The number of hydrogen-bond acceptors (Lipinski definition) is 7. The predicted molar refractivity (Wildman–Crippen MR) is 107 cm³/mol. The number of rotatable bonds is 6. The maximum Gasteiger partial charge on any atom is 0.269 e. The maximum atomic E-state index is 12.2. The number of carbonyl (C=O) groups is 1. The summed E-state index contributed by atoms with van der Waals surface area (Å²) < 4.78 is 5.40. The van der Waals surface area contributed by atoms with Crippen LogP contribution in [0.4, 0.5) is 10.8 Å². The number of nitro benzene ring substituents is 1. The number of amides is 1. The second-order valence-corrected chi connectivity index (χ2v) is 9.68. The largest absolute Gasteiger partial charge is 0.484 e. The minimum Gasteiger partial charge on any atom is -0.484 e. The van der Waals surface area contributed by atoms with Crippen molar-refractivity contribution in [2.45, 2.75) is 43.9 Å². The summed E-state index contributed by atoms with van der Waals surface area (Å²) in [4.78, 5) is 22.4. The summed E-state index contributed by atoms with van der Waals surface area (Å²) in [5, 5.41) is 23.7. The molecule has 0 spiro atoms. The Labute approximate surface area is 171 Å². The number of anilines is 1. The number of nitro groups is 1. The summed E-state index contributed by atoms with van der Waals surface area (Å²) >= 11 is 1.49. The lowest BCUT2D eigenvalue weighted by molar-refractivity contribution is -0.384. The van der Waals surface area contributed by atoms with Crippen molar-refractivity contribution in [3.05, 3.63) is 39.4 Å². The second kappa shape index (κ2) is 7.05. The number of carbonyl (C=O) groups excluding carboxylic acids is 1. The van der Waals surface area contributed by atoms with Gasteiger partial charge in [-0.05, 0) is 68.4 Å². The molecule has 1 heterocycles. The van der Waals surface area contributed by atoms with Gasteiger partial charge in [0.05, 0.1) is 4.92 Å². The zero-order valence-corrected chi connectivity index (χ0v) is 16.7. The molecule has 2 aromatic rings. The van der Waals surface area contributed by atoms with Crippen molar-refractivity contribution in [2.75, 3.05) is 11.9 Å². The van der Waals surface area contributed by atoms with Crippen LogP contribution in [0.15, 0.2) is 24.3 Å². The molecule has 0 atom stereocenters. The Morgan fingerprint density at radius 3 is 2.34 bits per heavy atom. The lowest BCUT2D eigenvalue weighted by Gasteiger charge is -2.55. The highest BCUT2D eigenvalue weighted by Gasteiger charge is 2.53. The fourth-order valence-corrected chi connectivity index (χ4v) is 6.81. The Kier molecular flexibility index (Phi) is 4.49. The van der Waals surface area contributed by atoms with Gasteiger partial charge in [0.25, 0.3) is 11.6 Å². The van der Waals surface area contributed by atoms with Gasteiger partial charge in [-0.3, -0.25) is 20.2 Å². The third kappa shape index (κ3) is 3.59. The first-order valence-electron chi connectivity index (χ1n) is 10.0. The monoisotopic (exact) mass is 414 g/mol. The molecule has 9 heteroatoms. The number of ether oxygens (including phenoxy) is 1. The number of nitrogens with one attached hydrogen (secondary N) is 1. The van der Waals surface area contributed by atoms with E-state index >= 15 is 0 Å². The van der Waals surface area contributed by atoms with E-state index in [-0.39, 0.29) is 23.6 Å². The third-order valence-corrected chi connectivity index (χ3v) is 7.67. The Bertz CT molecular complexity index is 907. The Balaban J connectivity index is 1.19. The van der Waals surface area contributed by atoms with Gasteiger partial charge in [0.15, 0.2) is 6.61 Å². The van der Waals surface area contributed by atoms with E-state index in [1.54, 1.807) is 0 Å². The Morgan fingerprint density at radius 1 is 1.14 bits per heavy atom. The van der Waals surface area contributed by atoms with Gasteiger partial charge in [0.2, 0.25) is 5.13 Å². The van der Waals surface area contributed by atoms with Crippen LogP contribution in [0.1, 0.15) is 43.5 Å². The fraction of sp³-hybridized carbons (Fsp3) is 0.550. The molecule has 1 aromatic carbocycles. The molecule has 152 valence electrons. The molecule has 4 fully saturated rings. The van der Waals surface area contributed by atoms with Crippen LogP contribution in [-0.2, 0) is 10.2 Å². The van der Waals surface area contributed by atoms with Crippen LogP contribution in [-0.4, -0.2) is 27.6 Å². The van der Waals surface area contributed by atoms with Crippen molar-refractivity contribution in [3.8, 4) is 5.75 Å². The number of non-ortho nitro benzene ring substituents is 1. The summed E-state index contributed by atoms with van der Waals surface area (Å²) in [6.45, 7) is -0.190. The molecule has 0 aliphatic heterocycles. The smallest absolute Gasteiger partial charge is 0.269 e. The van der Waals surface area contributed by atoms with Crippen molar-refractivity contribution >= 4 is 28.1 Å². The van der Waals surface area contributed by atoms with E-state index in [0.717, 1.165) is 22.8 Å². The van der Waals surface area contributed by atoms with Crippen LogP contribution in [0.3, 0.4) is 0 Å². The topological polar surface area (TPSA) is 107 Å². The molecular weight excluding hydrogens is 392 g/mol. The van der Waals surface area contributed by atoms with Gasteiger partial charge >= 0.3 is 0 Å². The minimum atomic E-state index is -0.479.